The third-order valence-corrected chi connectivity index (χ3v) is 1.59. The van der Waals surface area contributed by atoms with E-state index in [4.69, 9.17) is 10.2 Å². The summed E-state index contributed by atoms with van der Waals surface area (Å²) in [5, 5.41) is 17.4. The Labute approximate surface area is 74.3 Å². The topological polar surface area (TPSA) is 43.7 Å². The number of aliphatic hydroxyl groups excluding tert-OH is 2. The van der Waals surface area contributed by atoms with Crippen molar-refractivity contribution in [2.24, 2.45) is 0 Å². The fraction of sp³-hybridized carbons (Fsp3) is 0.778. The van der Waals surface area contributed by atoms with Crippen LogP contribution in [0.25, 0.3) is 0 Å². The van der Waals surface area contributed by atoms with Gasteiger partial charge in [0.25, 0.3) is 0 Å². The highest BCUT2D eigenvalue weighted by atomic mass is 16.3. The average Bonchev–Trinajstić information content (AvgIpc) is 2.01. The van der Waals surface area contributed by atoms with E-state index in [-0.39, 0.29) is 13.2 Å². The molecule has 0 atom stereocenters. The maximum absolute atomic E-state index is 8.68. The Bertz CT molecular complexity index is 124. The lowest BCUT2D eigenvalue weighted by Gasteiger charge is -2.17. The minimum absolute atomic E-state index is 0.149. The van der Waals surface area contributed by atoms with Crippen molar-refractivity contribution in [3.8, 4) is 0 Å². The zero-order chi connectivity index (χ0) is 9.40. The lowest BCUT2D eigenvalue weighted by molar-refractivity contribution is 0.172. The van der Waals surface area contributed by atoms with Crippen LogP contribution in [-0.4, -0.2) is 48.0 Å². The van der Waals surface area contributed by atoms with Gasteiger partial charge in [0.15, 0.2) is 0 Å². The normalized spacial score (nSPS) is 10.4. The Hall–Kier alpha value is -0.380. The van der Waals surface area contributed by atoms with Gasteiger partial charge in [-0.15, -0.1) is 0 Å². The molecule has 0 aromatic rings. The van der Waals surface area contributed by atoms with Crippen LogP contribution in [0.5, 0.6) is 0 Å². The van der Waals surface area contributed by atoms with Gasteiger partial charge >= 0.3 is 0 Å². The summed E-state index contributed by atoms with van der Waals surface area (Å²) in [6.45, 7) is 6.44. The van der Waals surface area contributed by atoms with Gasteiger partial charge in [0.05, 0.1) is 13.2 Å². The first-order valence-electron chi connectivity index (χ1n) is 4.28. The first-order chi connectivity index (χ1) is 5.70. The Morgan fingerprint density at radius 1 is 1.17 bits per heavy atom. The van der Waals surface area contributed by atoms with Crippen LogP contribution in [0.3, 0.4) is 0 Å². The largest absolute Gasteiger partial charge is 0.395 e. The summed E-state index contributed by atoms with van der Waals surface area (Å²) in [5.74, 6) is 0. The van der Waals surface area contributed by atoms with Crippen LogP contribution in [0, 0.1) is 0 Å². The van der Waals surface area contributed by atoms with E-state index >= 15 is 0 Å². The number of hydrogen-bond donors (Lipinski definition) is 2. The molecule has 0 aromatic carbocycles. The molecule has 0 unspecified atom stereocenters. The summed E-state index contributed by atoms with van der Waals surface area (Å²) < 4.78 is 0. The molecular formula is C9H19NO2. The van der Waals surface area contributed by atoms with Gasteiger partial charge in [-0.2, -0.15) is 0 Å². The van der Waals surface area contributed by atoms with Crippen LogP contribution in [-0.2, 0) is 0 Å². The Balaban J connectivity index is 3.69. The van der Waals surface area contributed by atoms with Crippen LogP contribution in [0.15, 0.2) is 11.6 Å². The van der Waals surface area contributed by atoms with Crippen molar-refractivity contribution in [1.29, 1.82) is 0 Å². The van der Waals surface area contributed by atoms with Gasteiger partial charge in [0.1, 0.15) is 0 Å². The number of aliphatic hydroxyl groups is 2. The molecule has 0 saturated heterocycles. The van der Waals surface area contributed by atoms with Crippen molar-refractivity contribution in [2.75, 3.05) is 32.8 Å². The van der Waals surface area contributed by atoms with E-state index < -0.39 is 0 Å². The molecule has 0 heterocycles. The highest BCUT2D eigenvalue weighted by molar-refractivity contribution is 4.94. The van der Waals surface area contributed by atoms with Crippen LogP contribution >= 0.6 is 0 Å². The Morgan fingerprint density at radius 2 is 1.67 bits per heavy atom. The van der Waals surface area contributed by atoms with Crippen molar-refractivity contribution in [2.45, 2.75) is 13.8 Å². The van der Waals surface area contributed by atoms with Gasteiger partial charge in [-0.3, -0.25) is 4.90 Å². The smallest absolute Gasteiger partial charge is 0.0558 e. The summed E-state index contributed by atoms with van der Waals surface area (Å²) in [7, 11) is 0. The summed E-state index contributed by atoms with van der Waals surface area (Å²) >= 11 is 0. The lowest BCUT2D eigenvalue weighted by Crippen LogP contribution is -2.30. The molecule has 0 aliphatic carbocycles. The Morgan fingerprint density at radius 3 is 2.00 bits per heavy atom. The molecule has 0 saturated carbocycles. The highest BCUT2D eigenvalue weighted by Crippen LogP contribution is 1.92. The number of nitrogens with zero attached hydrogens (tertiary/aromatic N) is 1. The summed E-state index contributed by atoms with van der Waals surface area (Å²) in [5.41, 5.74) is 1.26. The quantitative estimate of drug-likeness (QED) is 0.565. The molecule has 0 amide bonds. The predicted molar refractivity (Wildman–Crippen MR) is 50.0 cm³/mol. The fourth-order valence-corrected chi connectivity index (χ4v) is 0.889. The maximum Gasteiger partial charge on any atom is 0.0558 e. The van der Waals surface area contributed by atoms with Gasteiger partial charge in [-0.1, -0.05) is 11.6 Å². The highest BCUT2D eigenvalue weighted by Gasteiger charge is 1.99. The van der Waals surface area contributed by atoms with Gasteiger partial charge < -0.3 is 10.2 Å². The van der Waals surface area contributed by atoms with E-state index in [9.17, 15) is 0 Å². The van der Waals surface area contributed by atoms with Gasteiger partial charge in [-0.05, 0) is 13.8 Å². The first kappa shape index (κ1) is 11.6. The lowest BCUT2D eigenvalue weighted by atomic mass is 10.3. The molecule has 0 radical (unpaired) electrons. The molecule has 2 N–H and O–H groups in total. The molecule has 0 spiro atoms. The second kappa shape index (κ2) is 7.28. The predicted octanol–water partition coefficient (Wildman–Crippen LogP) is 0.239. The molecule has 0 fully saturated rings. The van der Waals surface area contributed by atoms with E-state index in [2.05, 4.69) is 6.08 Å². The molecule has 72 valence electrons. The van der Waals surface area contributed by atoms with Crippen molar-refractivity contribution in [3.63, 3.8) is 0 Å². The third kappa shape index (κ3) is 6.34. The van der Waals surface area contributed by atoms with Gasteiger partial charge in [0.2, 0.25) is 0 Å². The van der Waals surface area contributed by atoms with E-state index in [0.717, 1.165) is 6.54 Å². The maximum atomic E-state index is 8.68. The SMILES string of the molecule is CC(C)=CCN(CCO)CCO. The van der Waals surface area contributed by atoms with Crippen LogP contribution < -0.4 is 0 Å². The van der Waals surface area contributed by atoms with Gasteiger partial charge in [-0.25, -0.2) is 0 Å². The monoisotopic (exact) mass is 173 g/mol. The summed E-state index contributed by atoms with van der Waals surface area (Å²) in [4.78, 5) is 2.01. The van der Waals surface area contributed by atoms with Gasteiger partial charge in [0, 0.05) is 19.6 Å². The molecule has 3 heteroatoms. The summed E-state index contributed by atoms with van der Waals surface area (Å²) in [6, 6.07) is 0. The van der Waals surface area contributed by atoms with Crippen LogP contribution in [0.2, 0.25) is 0 Å². The minimum Gasteiger partial charge on any atom is -0.395 e. The first-order valence-corrected chi connectivity index (χ1v) is 4.28. The zero-order valence-corrected chi connectivity index (χ0v) is 7.95. The van der Waals surface area contributed by atoms with E-state index in [1.807, 2.05) is 18.7 Å². The molecule has 12 heavy (non-hydrogen) atoms. The molecule has 0 aliphatic heterocycles. The van der Waals surface area contributed by atoms with Crippen LogP contribution in [0.4, 0.5) is 0 Å². The molecular weight excluding hydrogens is 154 g/mol. The van der Waals surface area contributed by atoms with Crippen molar-refractivity contribution in [1.82, 2.24) is 4.90 Å². The number of hydrogen-bond acceptors (Lipinski definition) is 3. The van der Waals surface area contributed by atoms with Crippen molar-refractivity contribution >= 4 is 0 Å². The van der Waals surface area contributed by atoms with E-state index in [1.165, 1.54) is 5.57 Å². The number of rotatable bonds is 6. The van der Waals surface area contributed by atoms with Crippen molar-refractivity contribution in [3.05, 3.63) is 11.6 Å². The molecule has 0 rings (SSSR count). The van der Waals surface area contributed by atoms with E-state index in [1.54, 1.807) is 0 Å². The zero-order valence-electron chi connectivity index (χ0n) is 7.95. The molecule has 0 aromatic heterocycles. The average molecular weight is 173 g/mol. The Kier molecular flexibility index (Phi) is 7.05. The summed E-state index contributed by atoms with van der Waals surface area (Å²) in [6.07, 6.45) is 2.09. The van der Waals surface area contributed by atoms with E-state index in [0.29, 0.717) is 13.1 Å². The minimum atomic E-state index is 0.149. The van der Waals surface area contributed by atoms with Crippen LogP contribution in [0.1, 0.15) is 13.8 Å². The molecule has 0 bridgehead atoms. The fourth-order valence-electron chi connectivity index (χ4n) is 0.889. The molecule has 3 nitrogen and oxygen atoms in total. The second-order valence-electron chi connectivity index (χ2n) is 3.03. The third-order valence-electron chi connectivity index (χ3n) is 1.59. The second-order valence-corrected chi connectivity index (χ2v) is 3.03. The number of allylic oxidation sites excluding steroid dienone is 1. The standard InChI is InChI=1S/C9H19NO2/c1-9(2)3-4-10(5-7-11)6-8-12/h3,11-12H,4-8H2,1-2H3. The van der Waals surface area contributed by atoms with Crippen molar-refractivity contribution < 1.29 is 10.2 Å². The molecule has 0 aliphatic rings.